The molecule has 2 heterocycles. The Balaban J connectivity index is 1.43. The third-order valence-corrected chi connectivity index (χ3v) is 7.30. The fourth-order valence-electron chi connectivity index (χ4n) is 5.78. The summed E-state index contributed by atoms with van der Waals surface area (Å²) in [5.74, 6) is 2.52. The Morgan fingerprint density at radius 3 is 2.75 bits per heavy atom. The second kappa shape index (κ2) is 5.08. The number of rotatable bonds is 1. The van der Waals surface area contributed by atoms with Crippen molar-refractivity contribution in [2.45, 2.75) is 57.0 Å². The van der Waals surface area contributed by atoms with Gasteiger partial charge >= 0.3 is 0 Å². The van der Waals surface area contributed by atoms with Gasteiger partial charge in [-0.05, 0) is 61.6 Å². The van der Waals surface area contributed by atoms with Crippen LogP contribution >= 0.6 is 0 Å². The molecule has 0 radical (unpaired) electrons. The minimum Gasteiger partial charge on any atom is -0.484 e. The Morgan fingerprint density at radius 2 is 1.92 bits per heavy atom. The fourth-order valence-corrected chi connectivity index (χ4v) is 5.78. The summed E-state index contributed by atoms with van der Waals surface area (Å²) < 4.78 is 6.61. The number of nitrogens with zero attached hydrogens (tertiary/aromatic N) is 1. The van der Waals surface area contributed by atoms with Crippen LogP contribution < -0.4 is 4.74 Å². The van der Waals surface area contributed by atoms with Crippen LogP contribution in [-0.4, -0.2) is 10.6 Å². The van der Waals surface area contributed by atoms with Gasteiger partial charge in [0.05, 0.1) is 5.69 Å². The maximum absolute atomic E-state index is 6.61. The maximum atomic E-state index is 6.61. The molecule has 0 amide bonds. The van der Waals surface area contributed by atoms with E-state index in [1.165, 1.54) is 43.4 Å². The van der Waals surface area contributed by atoms with Gasteiger partial charge in [0.2, 0.25) is 0 Å². The molecule has 2 aliphatic carbocycles. The number of benzene rings is 1. The molecule has 0 N–H and O–H groups in total. The normalized spacial score (nSPS) is 37.0. The summed E-state index contributed by atoms with van der Waals surface area (Å²) in [6, 6.07) is 15.2. The van der Waals surface area contributed by atoms with Crippen LogP contribution in [0.4, 0.5) is 0 Å². The molecular weight excluding hydrogens is 294 g/mol. The molecule has 0 saturated heterocycles. The van der Waals surface area contributed by atoms with Crippen molar-refractivity contribution in [1.82, 2.24) is 4.98 Å². The van der Waals surface area contributed by atoms with Crippen molar-refractivity contribution >= 4 is 0 Å². The molecule has 1 aliphatic heterocycles. The van der Waals surface area contributed by atoms with Gasteiger partial charge in [-0.2, -0.15) is 0 Å². The van der Waals surface area contributed by atoms with Gasteiger partial charge in [0.25, 0.3) is 0 Å². The van der Waals surface area contributed by atoms with Crippen LogP contribution in [0.1, 0.15) is 56.2 Å². The van der Waals surface area contributed by atoms with Gasteiger partial charge in [0.15, 0.2) is 0 Å². The first-order valence-electron chi connectivity index (χ1n) is 9.38. The number of hydrogen-bond acceptors (Lipinski definition) is 2. The second-order valence-corrected chi connectivity index (χ2v) is 8.26. The number of ether oxygens (including phenoxy) is 1. The van der Waals surface area contributed by atoms with E-state index in [1.54, 1.807) is 0 Å². The number of fused-ring (bicyclic) bond motifs is 3. The zero-order valence-corrected chi connectivity index (χ0v) is 14.4. The molecule has 2 nitrogen and oxygen atoms in total. The second-order valence-electron chi connectivity index (χ2n) is 8.26. The number of aromatic nitrogens is 1. The Kier molecular flexibility index (Phi) is 3.07. The summed E-state index contributed by atoms with van der Waals surface area (Å²) in [4.78, 5) is 4.58. The summed E-state index contributed by atoms with van der Waals surface area (Å²) in [6.07, 6.45) is 9.26. The van der Waals surface area contributed by atoms with Crippen molar-refractivity contribution < 1.29 is 4.74 Å². The molecule has 5 rings (SSSR count). The van der Waals surface area contributed by atoms with Crippen LogP contribution in [0.3, 0.4) is 0 Å². The van der Waals surface area contributed by atoms with Gasteiger partial charge < -0.3 is 4.74 Å². The molecule has 0 unspecified atom stereocenters. The number of hydrogen-bond donors (Lipinski definition) is 0. The van der Waals surface area contributed by atoms with Gasteiger partial charge in [0.1, 0.15) is 11.4 Å². The van der Waals surface area contributed by atoms with Crippen LogP contribution in [0.25, 0.3) is 0 Å². The third-order valence-electron chi connectivity index (χ3n) is 7.30. The van der Waals surface area contributed by atoms with Gasteiger partial charge in [0, 0.05) is 18.0 Å². The highest BCUT2D eigenvalue weighted by Gasteiger charge is 2.62. The molecule has 2 aromatic rings. The molecule has 124 valence electrons. The van der Waals surface area contributed by atoms with Gasteiger partial charge in [-0.1, -0.05) is 37.3 Å². The van der Waals surface area contributed by atoms with Crippen molar-refractivity contribution in [2.24, 2.45) is 11.3 Å². The standard InChI is InChI=1S/C22H25NO/c1-21-11-9-17(16-6-3-2-4-7-16)14-18(21)10-12-22(21)15-19-20(24-22)8-5-13-23-19/h2-8,13,17-18H,9-12,14-15H2,1H3/t17-,18-,21-,22+/m0/s1. The van der Waals surface area contributed by atoms with Gasteiger partial charge in [-0.15, -0.1) is 0 Å². The Labute approximate surface area is 144 Å². The molecule has 4 atom stereocenters. The average molecular weight is 319 g/mol. The van der Waals surface area contributed by atoms with Crippen LogP contribution in [0, 0.1) is 11.3 Å². The van der Waals surface area contributed by atoms with Crippen molar-refractivity contribution in [1.29, 1.82) is 0 Å². The zero-order chi connectivity index (χ0) is 16.2. The highest BCUT2D eigenvalue weighted by molar-refractivity contribution is 5.36. The third kappa shape index (κ3) is 1.92. The zero-order valence-electron chi connectivity index (χ0n) is 14.4. The van der Waals surface area contributed by atoms with Crippen molar-refractivity contribution in [2.75, 3.05) is 0 Å². The van der Waals surface area contributed by atoms with E-state index in [9.17, 15) is 0 Å². The monoisotopic (exact) mass is 319 g/mol. The topological polar surface area (TPSA) is 22.1 Å². The molecule has 0 bridgehead atoms. The maximum Gasteiger partial charge on any atom is 0.141 e. The van der Waals surface area contributed by atoms with Crippen LogP contribution in [0.15, 0.2) is 48.7 Å². The average Bonchev–Trinajstić information content (AvgIpc) is 3.14. The fraction of sp³-hybridized carbons (Fsp3) is 0.500. The lowest BCUT2D eigenvalue weighted by molar-refractivity contribution is -0.0518. The summed E-state index contributed by atoms with van der Waals surface area (Å²) in [7, 11) is 0. The van der Waals surface area contributed by atoms with Crippen molar-refractivity contribution in [3.05, 3.63) is 59.9 Å². The van der Waals surface area contributed by atoms with E-state index in [0.717, 1.165) is 24.0 Å². The molecule has 24 heavy (non-hydrogen) atoms. The van der Waals surface area contributed by atoms with Crippen molar-refractivity contribution in [3.63, 3.8) is 0 Å². The van der Waals surface area contributed by atoms with E-state index in [1.807, 2.05) is 12.3 Å². The molecule has 1 spiro atoms. The largest absolute Gasteiger partial charge is 0.484 e. The first-order chi connectivity index (χ1) is 11.7. The molecule has 2 saturated carbocycles. The Morgan fingerprint density at radius 1 is 1.04 bits per heavy atom. The summed E-state index contributed by atoms with van der Waals surface area (Å²) in [5.41, 5.74) is 2.98. The lowest BCUT2D eigenvalue weighted by Crippen LogP contribution is -2.50. The van der Waals surface area contributed by atoms with Gasteiger partial charge in [-0.3, -0.25) is 4.98 Å². The number of pyridine rings is 1. The van der Waals surface area contributed by atoms with Gasteiger partial charge in [-0.25, -0.2) is 0 Å². The molecule has 2 heteroatoms. The van der Waals surface area contributed by atoms with E-state index in [-0.39, 0.29) is 5.60 Å². The van der Waals surface area contributed by atoms with E-state index in [2.05, 4.69) is 48.3 Å². The minimum atomic E-state index is -0.00396. The van der Waals surface area contributed by atoms with Crippen LogP contribution in [-0.2, 0) is 6.42 Å². The predicted molar refractivity (Wildman–Crippen MR) is 95.2 cm³/mol. The molecule has 3 aliphatic rings. The Hall–Kier alpha value is -1.83. The van der Waals surface area contributed by atoms with E-state index in [0.29, 0.717) is 5.41 Å². The highest BCUT2D eigenvalue weighted by atomic mass is 16.5. The lowest BCUT2D eigenvalue weighted by Gasteiger charge is -2.48. The quantitative estimate of drug-likeness (QED) is 0.726. The van der Waals surface area contributed by atoms with Crippen LogP contribution in [0.2, 0.25) is 0 Å². The lowest BCUT2D eigenvalue weighted by atomic mass is 9.59. The van der Waals surface area contributed by atoms with Crippen LogP contribution in [0.5, 0.6) is 5.75 Å². The molecule has 2 fully saturated rings. The Bertz CT molecular complexity index is 731. The van der Waals surface area contributed by atoms with Crippen molar-refractivity contribution in [3.8, 4) is 5.75 Å². The summed E-state index contributed by atoms with van der Waals surface area (Å²) >= 11 is 0. The molecular formula is C22H25NO. The summed E-state index contributed by atoms with van der Waals surface area (Å²) in [5, 5.41) is 0. The highest BCUT2D eigenvalue weighted by Crippen LogP contribution is 2.63. The molecule has 1 aromatic carbocycles. The predicted octanol–water partition coefficient (Wildman–Crippen LogP) is 5.14. The van der Waals surface area contributed by atoms with E-state index in [4.69, 9.17) is 4.74 Å². The minimum absolute atomic E-state index is 0.00396. The SMILES string of the molecule is C[C@]12CC[C@H](c3ccccc3)C[C@@H]1CC[C@@]21Cc2ncccc2O1. The first kappa shape index (κ1) is 14.5. The smallest absolute Gasteiger partial charge is 0.141 e. The first-order valence-corrected chi connectivity index (χ1v) is 9.38. The summed E-state index contributed by atoms with van der Waals surface area (Å²) in [6.45, 7) is 2.50. The van der Waals surface area contributed by atoms with E-state index < -0.39 is 0 Å². The van der Waals surface area contributed by atoms with E-state index >= 15 is 0 Å². The molecule has 1 aromatic heterocycles.